The van der Waals surface area contributed by atoms with Gasteiger partial charge in [0.05, 0.1) is 17.6 Å². The zero-order valence-corrected chi connectivity index (χ0v) is 10.1. The SMILES string of the molecule is O=[N+]([O-])c1cnn(CC(O)CNCC(O)C(F)(F)F)c1. The van der Waals surface area contributed by atoms with Gasteiger partial charge in [-0.1, -0.05) is 0 Å². The van der Waals surface area contributed by atoms with E-state index in [1.54, 1.807) is 0 Å². The number of nitrogens with one attached hydrogen (secondary N) is 1. The van der Waals surface area contributed by atoms with Crippen molar-refractivity contribution in [1.29, 1.82) is 0 Å². The van der Waals surface area contributed by atoms with Crippen LogP contribution < -0.4 is 5.32 Å². The Balaban J connectivity index is 2.33. The van der Waals surface area contributed by atoms with Crippen LogP contribution in [0.1, 0.15) is 0 Å². The lowest BCUT2D eigenvalue weighted by atomic mass is 10.3. The van der Waals surface area contributed by atoms with Gasteiger partial charge in [-0.05, 0) is 0 Å². The molecule has 0 saturated carbocycles. The number of halogens is 3. The molecule has 20 heavy (non-hydrogen) atoms. The molecule has 0 saturated heterocycles. The van der Waals surface area contributed by atoms with Gasteiger partial charge in [-0.25, -0.2) is 0 Å². The number of alkyl halides is 3. The zero-order chi connectivity index (χ0) is 15.3. The highest BCUT2D eigenvalue weighted by Crippen LogP contribution is 2.19. The summed E-state index contributed by atoms with van der Waals surface area (Å²) in [5, 5.41) is 34.4. The van der Waals surface area contributed by atoms with Crippen LogP contribution in [-0.2, 0) is 6.54 Å². The van der Waals surface area contributed by atoms with Gasteiger partial charge in [0.25, 0.3) is 0 Å². The summed E-state index contributed by atoms with van der Waals surface area (Å²) < 4.78 is 37.0. The molecular formula is C9H13F3N4O4. The van der Waals surface area contributed by atoms with Gasteiger partial charge >= 0.3 is 11.9 Å². The van der Waals surface area contributed by atoms with Crippen molar-refractivity contribution in [3.05, 3.63) is 22.5 Å². The molecule has 0 aliphatic carbocycles. The number of nitro groups is 1. The first-order chi connectivity index (χ1) is 9.20. The van der Waals surface area contributed by atoms with E-state index in [1.165, 1.54) is 0 Å². The maximum absolute atomic E-state index is 12.0. The van der Waals surface area contributed by atoms with Gasteiger partial charge in [-0.15, -0.1) is 0 Å². The van der Waals surface area contributed by atoms with Gasteiger partial charge in [0.1, 0.15) is 12.4 Å². The minimum Gasteiger partial charge on any atom is -0.390 e. The predicted octanol–water partition coefficient (Wildman–Crippen LogP) is -0.335. The Kier molecular flexibility index (Phi) is 5.42. The molecule has 1 heterocycles. The van der Waals surface area contributed by atoms with Gasteiger partial charge in [0, 0.05) is 13.1 Å². The molecule has 1 aromatic heterocycles. The highest BCUT2D eigenvalue weighted by atomic mass is 19.4. The number of aliphatic hydroxyl groups excluding tert-OH is 2. The molecule has 1 aromatic rings. The molecule has 3 N–H and O–H groups in total. The molecular weight excluding hydrogens is 285 g/mol. The van der Waals surface area contributed by atoms with Gasteiger partial charge in [0.2, 0.25) is 0 Å². The molecule has 0 bridgehead atoms. The maximum atomic E-state index is 12.0. The highest BCUT2D eigenvalue weighted by molar-refractivity contribution is 5.20. The largest absolute Gasteiger partial charge is 0.415 e. The molecule has 11 heteroatoms. The first kappa shape index (κ1) is 16.3. The Morgan fingerprint density at radius 1 is 1.45 bits per heavy atom. The average molecular weight is 298 g/mol. The zero-order valence-electron chi connectivity index (χ0n) is 10.1. The van der Waals surface area contributed by atoms with Crippen LogP contribution in [0.4, 0.5) is 18.9 Å². The second-order valence-electron chi connectivity index (χ2n) is 4.05. The topological polar surface area (TPSA) is 113 Å². The van der Waals surface area contributed by atoms with Crippen LogP contribution in [0.2, 0.25) is 0 Å². The van der Waals surface area contributed by atoms with Gasteiger partial charge < -0.3 is 15.5 Å². The fourth-order valence-electron chi connectivity index (χ4n) is 1.33. The third kappa shape index (κ3) is 5.11. The van der Waals surface area contributed by atoms with E-state index >= 15 is 0 Å². The Morgan fingerprint density at radius 2 is 2.10 bits per heavy atom. The molecule has 0 radical (unpaired) electrons. The van der Waals surface area contributed by atoms with Crippen LogP contribution in [0.15, 0.2) is 12.4 Å². The Morgan fingerprint density at radius 3 is 2.60 bits per heavy atom. The van der Waals surface area contributed by atoms with Crippen LogP contribution in [0.5, 0.6) is 0 Å². The summed E-state index contributed by atoms with van der Waals surface area (Å²) in [6.45, 7) is -1.09. The fraction of sp³-hybridized carbons (Fsp3) is 0.667. The third-order valence-electron chi connectivity index (χ3n) is 2.32. The van der Waals surface area contributed by atoms with Crippen LogP contribution in [-0.4, -0.2) is 56.4 Å². The van der Waals surface area contributed by atoms with Crippen molar-refractivity contribution in [2.45, 2.75) is 24.9 Å². The lowest BCUT2D eigenvalue weighted by Crippen LogP contribution is -2.41. The number of aliphatic hydroxyl groups is 2. The molecule has 0 aliphatic rings. The minimum absolute atomic E-state index is 0.122. The van der Waals surface area contributed by atoms with Crippen molar-refractivity contribution in [1.82, 2.24) is 15.1 Å². The van der Waals surface area contributed by atoms with Crippen LogP contribution >= 0.6 is 0 Å². The van der Waals surface area contributed by atoms with E-state index in [0.29, 0.717) is 0 Å². The van der Waals surface area contributed by atoms with E-state index in [9.17, 15) is 28.4 Å². The first-order valence-electron chi connectivity index (χ1n) is 5.50. The predicted molar refractivity (Wildman–Crippen MR) is 59.8 cm³/mol. The molecule has 114 valence electrons. The third-order valence-corrected chi connectivity index (χ3v) is 2.32. The first-order valence-corrected chi connectivity index (χ1v) is 5.50. The van der Waals surface area contributed by atoms with E-state index in [0.717, 1.165) is 17.1 Å². The summed E-state index contributed by atoms with van der Waals surface area (Å²) in [5.74, 6) is 0. The van der Waals surface area contributed by atoms with Crippen molar-refractivity contribution in [3.8, 4) is 0 Å². The second-order valence-corrected chi connectivity index (χ2v) is 4.05. The summed E-state index contributed by atoms with van der Waals surface area (Å²) in [7, 11) is 0. The number of hydrogen-bond donors (Lipinski definition) is 3. The van der Waals surface area contributed by atoms with Crippen molar-refractivity contribution in [3.63, 3.8) is 0 Å². The highest BCUT2D eigenvalue weighted by Gasteiger charge is 2.37. The van der Waals surface area contributed by atoms with Crippen LogP contribution in [0.25, 0.3) is 0 Å². The van der Waals surface area contributed by atoms with Crippen molar-refractivity contribution in [2.24, 2.45) is 0 Å². The summed E-state index contributed by atoms with van der Waals surface area (Å²) in [6, 6.07) is 0. The second kappa shape index (κ2) is 6.63. The average Bonchev–Trinajstić information content (AvgIpc) is 2.76. The summed E-state index contributed by atoms with van der Waals surface area (Å²) in [6.07, 6.45) is -6.25. The lowest BCUT2D eigenvalue weighted by Gasteiger charge is -2.16. The Hall–Kier alpha value is -1.72. The van der Waals surface area contributed by atoms with E-state index in [4.69, 9.17) is 5.11 Å². The minimum atomic E-state index is -4.72. The van der Waals surface area contributed by atoms with E-state index in [-0.39, 0.29) is 18.8 Å². The summed E-state index contributed by atoms with van der Waals surface area (Å²) in [4.78, 5) is 9.73. The normalized spacial score (nSPS) is 15.1. The Bertz CT molecular complexity index is 451. The van der Waals surface area contributed by atoms with Gasteiger partial charge in [0.15, 0.2) is 6.10 Å². The smallest absolute Gasteiger partial charge is 0.390 e. The summed E-state index contributed by atoms with van der Waals surface area (Å²) >= 11 is 0. The number of aromatic nitrogens is 2. The molecule has 2 atom stereocenters. The molecule has 0 amide bonds. The van der Waals surface area contributed by atoms with Crippen molar-refractivity contribution < 1.29 is 28.3 Å². The molecule has 0 aliphatic heterocycles. The van der Waals surface area contributed by atoms with E-state index in [1.807, 2.05) is 0 Å². The fourth-order valence-corrected chi connectivity index (χ4v) is 1.33. The van der Waals surface area contributed by atoms with Crippen LogP contribution in [0, 0.1) is 10.1 Å². The molecule has 0 spiro atoms. The molecule has 2 unspecified atom stereocenters. The molecule has 0 aromatic carbocycles. The lowest BCUT2D eigenvalue weighted by molar-refractivity contribution is -0.385. The van der Waals surface area contributed by atoms with E-state index < -0.39 is 29.9 Å². The van der Waals surface area contributed by atoms with Crippen LogP contribution in [0.3, 0.4) is 0 Å². The molecule has 1 rings (SSSR count). The van der Waals surface area contributed by atoms with Crippen molar-refractivity contribution in [2.75, 3.05) is 13.1 Å². The summed E-state index contributed by atoms with van der Waals surface area (Å²) in [5.41, 5.74) is -0.252. The quantitative estimate of drug-likeness (QED) is 0.469. The standard InChI is InChI=1S/C9H13F3N4O4/c10-9(11,12)8(18)3-13-2-7(17)5-15-4-6(1-14-15)16(19)20/h1,4,7-8,13,17-18H,2-3,5H2. The van der Waals surface area contributed by atoms with Crippen molar-refractivity contribution >= 4 is 5.69 Å². The Labute approximate surface area is 111 Å². The number of nitrogens with zero attached hydrogens (tertiary/aromatic N) is 3. The maximum Gasteiger partial charge on any atom is 0.415 e. The van der Waals surface area contributed by atoms with Gasteiger partial charge in [-0.3, -0.25) is 14.8 Å². The monoisotopic (exact) mass is 298 g/mol. The molecule has 8 nitrogen and oxygen atoms in total. The number of hydrogen-bond acceptors (Lipinski definition) is 6. The molecule has 0 fully saturated rings. The number of rotatable bonds is 7. The van der Waals surface area contributed by atoms with Gasteiger partial charge in [-0.2, -0.15) is 18.3 Å². The van der Waals surface area contributed by atoms with E-state index in [2.05, 4.69) is 10.4 Å².